The van der Waals surface area contributed by atoms with Gasteiger partial charge in [-0.15, -0.1) is 0 Å². The first-order chi connectivity index (χ1) is 7.10. The molecule has 0 aliphatic carbocycles. The van der Waals surface area contributed by atoms with Crippen LogP contribution in [0.2, 0.25) is 0 Å². The van der Waals surface area contributed by atoms with Gasteiger partial charge in [0.1, 0.15) is 6.04 Å². The van der Waals surface area contributed by atoms with E-state index in [4.69, 9.17) is 0 Å². The second kappa shape index (κ2) is 4.77. The fourth-order valence-corrected chi connectivity index (χ4v) is 1.46. The van der Waals surface area contributed by atoms with Crippen LogP contribution in [0.5, 0.6) is 0 Å². The van der Waals surface area contributed by atoms with Gasteiger partial charge in [0.25, 0.3) is 5.56 Å². The fraction of sp³-hybridized carbons (Fsp3) is 0.455. The van der Waals surface area contributed by atoms with Crippen LogP contribution in [0.3, 0.4) is 0 Å². The van der Waals surface area contributed by atoms with E-state index in [1.165, 1.54) is 17.7 Å². The second-order valence-electron chi connectivity index (χ2n) is 3.40. The molecule has 4 heteroatoms. The maximum Gasteiger partial charge on any atom is 0.328 e. The Labute approximate surface area is 88.5 Å². The second-order valence-corrected chi connectivity index (χ2v) is 3.40. The van der Waals surface area contributed by atoms with Gasteiger partial charge in [-0.3, -0.25) is 4.79 Å². The van der Waals surface area contributed by atoms with Crippen LogP contribution in [0.4, 0.5) is 0 Å². The summed E-state index contributed by atoms with van der Waals surface area (Å²) in [5.74, 6) is -0.386. The Kier molecular flexibility index (Phi) is 3.66. The quantitative estimate of drug-likeness (QED) is 0.704. The molecule has 0 N–H and O–H groups in total. The van der Waals surface area contributed by atoms with Crippen molar-refractivity contribution in [1.29, 1.82) is 0 Å². The predicted octanol–water partition coefficient (Wildman–Crippen LogP) is 1.28. The molecule has 0 saturated heterocycles. The van der Waals surface area contributed by atoms with E-state index in [9.17, 15) is 9.59 Å². The zero-order valence-electron chi connectivity index (χ0n) is 9.19. The number of carbonyl (C=O) groups excluding carboxylic acids is 1. The highest BCUT2D eigenvalue weighted by atomic mass is 16.5. The normalized spacial score (nSPS) is 12.2. The molecule has 1 aromatic rings. The molecule has 1 atom stereocenters. The molecular weight excluding hydrogens is 194 g/mol. The van der Waals surface area contributed by atoms with Crippen molar-refractivity contribution in [3.05, 3.63) is 34.2 Å². The number of esters is 1. The van der Waals surface area contributed by atoms with Gasteiger partial charge < -0.3 is 9.30 Å². The minimum Gasteiger partial charge on any atom is -0.467 e. The molecule has 0 bridgehead atoms. The minimum absolute atomic E-state index is 0.174. The molecule has 0 saturated carbocycles. The predicted molar refractivity (Wildman–Crippen MR) is 56.8 cm³/mol. The lowest BCUT2D eigenvalue weighted by Gasteiger charge is -2.15. The number of methoxy groups -OCH3 is 1. The molecular formula is C11H15NO3. The molecule has 0 fully saturated rings. The maximum absolute atomic E-state index is 11.6. The van der Waals surface area contributed by atoms with Gasteiger partial charge >= 0.3 is 5.97 Å². The molecule has 1 rings (SSSR count). The monoisotopic (exact) mass is 209 g/mol. The summed E-state index contributed by atoms with van der Waals surface area (Å²) in [6.07, 6.45) is 2.17. The summed E-state index contributed by atoms with van der Waals surface area (Å²) in [6.45, 7) is 3.68. The van der Waals surface area contributed by atoms with Gasteiger partial charge in [0.15, 0.2) is 0 Å². The van der Waals surface area contributed by atoms with E-state index in [0.29, 0.717) is 6.42 Å². The minimum atomic E-state index is -0.525. The van der Waals surface area contributed by atoms with Crippen LogP contribution in [-0.4, -0.2) is 17.6 Å². The van der Waals surface area contributed by atoms with Crippen LogP contribution >= 0.6 is 0 Å². The molecule has 15 heavy (non-hydrogen) atoms. The number of hydrogen-bond donors (Lipinski definition) is 0. The molecule has 0 spiro atoms. The van der Waals surface area contributed by atoms with Crippen molar-refractivity contribution >= 4 is 5.97 Å². The number of nitrogens with zero attached hydrogens (tertiary/aromatic N) is 1. The van der Waals surface area contributed by atoms with Crippen molar-refractivity contribution in [2.45, 2.75) is 26.3 Å². The van der Waals surface area contributed by atoms with Crippen LogP contribution in [0.1, 0.15) is 24.9 Å². The topological polar surface area (TPSA) is 48.3 Å². The van der Waals surface area contributed by atoms with Gasteiger partial charge in [-0.25, -0.2) is 4.79 Å². The maximum atomic E-state index is 11.6. The third-order valence-electron chi connectivity index (χ3n) is 2.30. The lowest BCUT2D eigenvalue weighted by Crippen LogP contribution is -2.29. The van der Waals surface area contributed by atoms with Gasteiger partial charge in [-0.2, -0.15) is 0 Å². The summed E-state index contributed by atoms with van der Waals surface area (Å²) >= 11 is 0. The van der Waals surface area contributed by atoms with Crippen molar-refractivity contribution in [1.82, 2.24) is 4.57 Å². The Bertz CT molecular complexity index is 409. The van der Waals surface area contributed by atoms with E-state index < -0.39 is 6.04 Å². The highest BCUT2D eigenvalue weighted by Gasteiger charge is 2.19. The summed E-state index contributed by atoms with van der Waals surface area (Å²) in [5.41, 5.74) is 0.711. The molecule has 0 radical (unpaired) electrons. The van der Waals surface area contributed by atoms with Crippen LogP contribution < -0.4 is 5.56 Å². The van der Waals surface area contributed by atoms with Gasteiger partial charge in [-0.05, 0) is 25.0 Å². The van der Waals surface area contributed by atoms with Gasteiger partial charge in [-0.1, -0.05) is 6.92 Å². The van der Waals surface area contributed by atoms with Crippen LogP contribution in [-0.2, 0) is 9.53 Å². The molecule has 1 heterocycles. The van der Waals surface area contributed by atoms with Gasteiger partial charge in [0.05, 0.1) is 7.11 Å². The van der Waals surface area contributed by atoms with E-state index in [-0.39, 0.29) is 11.5 Å². The summed E-state index contributed by atoms with van der Waals surface area (Å²) < 4.78 is 6.05. The number of pyridine rings is 1. The van der Waals surface area contributed by atoms with Crippen molar-refractivity contribution in [2.75, 3.05) is 7.11 Å². The number of aromatic nitrogens is 1. The number of ether oxygens (including phenoxy) is 1. The molecule has 82 valence electrons. The number of aryl methyl sites for hydroxylation is 1. The van der Waals surface area contributed by atoms with E-state index in [0.717, 1.165) is 5.56 Å². The fourth-order valence-electron chi connectivity index (χ4n) is 1.46. The van der Waals surface area contributed by atoms with Crippen molar-refractivity contribution in [3.8, 4) is 0 Å². The van der Waals surface area contributed by atoms with Crippen molar-refractivity contribution in [3.63, 3.8) is 0 Å². The Balaban J connectivity index is 3.13. The largest absolute Gasteiger partial charge is 0.467 e. The van der Waals surface area contributed by atoms with Gasteiger partial charge in [0.2, 0.25) is 0 Å². The lowest BCUT2D eigenvalue weighted by molar-refractivity contribution is -0.144. The van der Waals surface area contributed by atoms with Crippen molar-refractivity contribution < 1.29 is 9.53 Å². The Morgan fingerprint density at radius 1 is 1.60 bits per heavy atom. The standard InChI is InChI=1S/C11H15NO3/c1-4-9(11(14)15-3)12-6-5-8(2)7-10(12)13/h5-7,9H,4H2,1-3H3. The highest BCUT2D eigenvalue weighted by Crippen LogP contribution is 2.10. The Morgan fingerprint density at radius 2 is 2.27 bits per heavy atom. The average molecular weight is 209 g/mol. The lowest BCUT2D eigenvalue weighted by atomic mass is 10.2. The third kappa shape index (κ3) is 2.46. The molecule has 1 aromatic heterocycles. The SMILES string of the molecule is CCC(C(=O)OC)n1ccc(C)cc1=O. The van der Waals surface area contributed by atoms with E-state index >= 15 is 0 Å². The average Bonchev–Trinajstić information content (AvgIpc) is 2.21. The first kappa shape index (κ1) is 11.5. The first-order valence-electron chi connectivity index (χ1n) is 4.86. The molecule has 0 aromatic carbocycles. The highest BCUT2D eigenvalue weighted by molar-refractivity contribution is 5.73. The van der Waals surface area contributed by atoms with Crippen LogP contribution in [0.15, 0.2) is 23.1 Å². The molecule has 0 amide bonds. The summed E-state index contributed by atoms with van der Waals surface area (Å²) in [4.78, 5) is 23.0. The Morgan fingerprint density at radius 3 is 2.73 bits per heavy atom. The molecule has 1 unspecified atom stereocenters. The number of carbonyl (C=O) groups is 1. The van der Waals surface area contributed by atoms with Crippen molar-refractivity contribution in [2.24, 2.45) is 0 Å². The summed E-state index contributed by atoms with van der Waals surface area (Å²) in [7, 11) is 1.32. The van der Waals surface area contributed by atoms with E-state index in [1.807, 2.05) is 13.8 Å². The third-order valence-corrected chi connectivity index (χ3v) is 2.30. The zero-order chi connectivity index (χ0) is 11.4. The van der Waals surface area contributed by atoms with Gasteiger partial charge in [0, 0.05) is 12.3 Å². The summed E-state index contributed by atoms with van der Waals surface area (Å²) in [5, 5.41) is 0. The molecule has 0 aliphatic heterocycles. The van der Waals surface area contributed by atoms with Crippen LogP contribution in [0.25, 0.3) is 0 Å². The molecule has 0 aliphatic rings. The first-order valence-corrected chi connectivity index (χ1v) is 4.86. The Hall–Kier alpha value is -1.58. The van der Waals surface area contributed by atoms with E-state index in [2.05, 4.69) is 4.74 Å². The van der Waals surface area contributed by atoms with E-state index in [1.54, 1.807) is 12.3 Å². The number of hydrogen-bond acceptors (Lipinski definition) is 3. The molecule has 4 nitrogen and oxygen atoms in total. The smallest absolute Gasteiger partial charge is 0.328 e. The summed E-state index contributed by atoms with van der Waals surface area (Å²) in [6, 6.07) is 2.78. The van der Waals surface area contributed by atoms with Crippen LogP contribution in [0, 0.1) is 6.92 Å². The number of rotatable bonds is 3. The zero-order valence-corrected chi connectivity index (χ0v) is 9.19.